The van der Waals surface area contributed by atoms with Crippen LogP contribution < -0.4 is 5.32 Å². The molecule has 2 aliphatic rings. The Morgan fingerprint density at radius 1 is 1.35 bits per heavy atom. The first kappa shape index (κ1) is 12.2. The molecule has 6 heteroatoms. The Kier molecular flexibility index (Phi) is 3.24. The van der Waals surface area contributed by atoms with Crippen LogP contribution in [0.15, 0.2) is 0 Å². The van der Waals surface area contributed by atoms with Crippen molar-refractivity contribution < 1.29 is 19.4 Å². The number of aliphatic carboxylic acids is 1. The fourth-order valence-electron chi connectivity index (χ4n) is 2.06. The Morgan fingerprint density at radius 2 is 1.94 bits per heavy atom. The molecule has 1 saturated carbocycles. The van der Waals surface area contributed by atoms with Gasteiger partial charge < -0.3 is 20.1 Å². The first-order chi connectivity index (χ1) is 8.04. The van der Waals surface area contributed by atoms with Crippen LogP contribution in [0.1, 0.15) is 19.8 Å². The fourth-order valence-corrected chi connectivity index (χ4v) is 2.06. The highest BCUT2D eigenvalue weighted by Gasteiger charge is 2.49. The maximum atomic E-state index is 11.9. The number of nitrogens with zero attached hydrogens (tertiary/aromatic N) is 1. The number of carbonyl (C=O) groups excluding carboxylic acids is 1. The van der Waals surface area contributed by atoms with E-state index in [0.717, 1.165) is 12.8 Å². The van der Waals surface area contributed by atoms with E-state index < -0.39 is 11.5 Å². The first-order valence-corrected chi connectivity index (χ1v) is 5.92. The Labute approximate surface area is 99.9 Å². The monoisotopic (exact) mass is 242 g/mol. The van der Waals surface area contributed by atoms with Gasteiger partial charge in [0.15, 0.2) is 0 Å². The summed E-state index contributed by atoms with van der Waals surface area (Å²) >= 11 is 0. The maximum absolute atomic E-state index is 11.9. The van der Waals surface area contributed by atoms with Crippen LogP contribution in [0.2, 0.25) is 0 Å². The van der Waals surface area contributed by atoms with Gasteiger partial charge in [-0.15, -0.1) is 0 Å². The molecule has 1 saturated heterocycles. The number of urea groups is 1. The zero-order valence-electron chi connectivity index (χ0n) is 9.94. The lowest BCUT2D eigenvalue weighted by Crippen LogP contribution is -2.58. The molecule has 1 aliphatic heterocycles. The molecule has 1 atom stereocenters. The predicted molar refractivity (Wildman–Crippen MR) is 59.7 cm³/mol. The molecular weight excluding hydrogens is 224 g/mol. The molecule has 2 rings (SSSR count). The Hall–Kier alpha value is -1.30. The van der Waals surface area contributed by atoms with E-state index in [0.29, 0.717) is 26.3 Å². The lowest BCUT2D eigenvalue weighted by molar-refractivity contribution is -0.144. The molecule has 0 bridgehead atoms. The number of nitrogens with one attached hydrogen (secondary N) is 1. The molecule has 2 N–H and O–H groups in total. The van der Waals surface area contributed by atoms with Gasteiger partial charge in [0.1, 0.15) is 5.54 Å². The molecule has 2 fully saturated rings. The van der Waals surface area contributed by atoms with Gasteiger partial charge >= 0.3 is 12.0 Å². The predicted octanol–water partition coefficient (Wildman–Crippen LogP) is 0.281. The van der Waals surface area contributed by atoms with Crippen LogP contribution in [-0.4, -0.2) is 53.8 Å². The summed E-state index contributed by atoms with van der Waals surface area (Å²) in [5.41, 5.74) is -1.13. The smallest absolute Gasteiger partial charge is 0.329 e. The van der Waals surface area contributed by atoms with Crippen LogP contribution in [0.5, 0.6) is 0 Å². The van der Waals surface area contributed by atoms with Gasteiger partial charge in [0, 0.05) is 13.1 Å². The summed E-state index contributed by atoms with van der Waals surface area (Å²) in [4.78, 5) is 24.8. The largest absolute Gasteiger partial charge is 0.480 e. The fraction of sp³-hybridized carbons (Fsp3) is 0.818. The lowest BCUT2D eigenvalue weighted by Gasteiger charge is -2.32. The summed E-state index contributed by atoms with van der Waals surface area (Å²) in [6, 6.07) is -0.301. The van der Waals surface area contributed by atoms with Crippen molar-refractivity contribution in [1.82, 2.24) is 10.2 Å². The molecule has 96 valence electrons. The Morgan fingerprint density at radius 3 is 2.41 bits per heavy atom. The van der Waals surface area contributed by atoms with Crippen LogP contribution in [0, 0.1) is 5.92 Å². The number of carboxylic acid groups (broad SMARTS) is 1. The van der Waals surface area contributed by atoms with Crippen LogP contribution in [0.4, 0.5) is 4.79 Å². The van der Waals surface area contributed by atoms with Gasteiger partial charge in [-0.25, -0.2) is 9.59 Å². The Bertz CT molecular complexity index is 323. The van der Waals surface area contributed by atoms with Crippen LogP contribution in [0.25, 0.3) is 0 Å². The molecule has 0 aromatic heterocycles. The average molecular weight is 242 g/mol. The van der Waals surface area contributed by atoms with E-state index in [1.807, 2.05) is 0 Å². The van der Waals surface area contributed by atoms with E-state index in [-0.39, 0.29) is 11.9 Å². The number of carboxylic acids is 1. The summed E-state index contributed by atoms with van der Waals surface area (Å²) in [6.45, 7) is 3.66. The second-order valence-electron chi connectivity index (χ2n) is 4.81. The summed E-state index contributed by atoms with van der Waals surface area (Å²) in [5, 5.41) is 11.9. The quantitative estimate of drug-likeness (QED) is 0.745. The highest BCUT2D eigenvalue weighted by Crippen LogP contribution is 2.39. The third-order valence-electron chi connectivity index (χ3n) is 3.50. The topological polar surface area (TPSA) is 78.9 Å². The molecule has 0 aromatic carbocycles. The number of rotatable bonds is 3. The highest BCUT2D eigenvalue weighted by molar-refractivity contribution is 5.86. The summed E-state index contributed by atoms with van der Waals surface area (Å²) < 4.78 is 5.15. The van der Waals surface area contributed by atoms with Gasteiger partial charge in [-0.05, 0) is 25.7 Å². The molecular formula is C11H18N2O4. The SMILES string of the molecule is CC(NC(=O)N1CCOCC1)(C(=O)O)C1CC1. The van der Waals surface area contributed by atoms with Crippen molar-refractivity contribution in [2.24, 2.45) is 5.92 Å². The summed E-state index contributed by atoms with van der Waals surface area (Å²) in [7, 11) is 0. The molecule has 1 aliphatic carbocycles. The molecule has 2 amide bonds. The normalized spacial score (nSPS) is 23.9. The summed E-state index contributed by atoms with van der Waals surface area (Å²) in [5.74, 6) is -0.897. The summed E-state index contributed by atoms with van der Waals surface area (Å²) in [6.07, 6.45) is 1.73. The molecule has 17 heavy (non-hydrogen) atoms. The van der Waals surface area contributed by atoms with E-state index in [2.05, 4.69) is 5.32 Å². The molecule has 0 spiro atoms. The van der Waals surface area contributed by atoms with Crippen molar-refractivity contribution in [3.05, 3.63) is 0 Å². The van der Waals surface area contributed by atoms with E-state index >= 15 is 0 Å². The van der Waals surface area contributed by atoms with Crippen molar-refractivity contribution in [3.63, 3.8) is 0 Å². The number of hydrogen-bond acceptors (Lipinski definition) is 3. The second kappa shape index (κ2) is 4.52. The van der Waals surface area contributed by atoms with Gasteiger partial charge in [-0.3, -0.25) is 0 Å². The molecule has 0 radical (unpaired) electrons. The third-order valence-corrected chi connectivity index (χ3v) is 3.50. The van der Waals surface area contributed by atoms with Crippen LogP contribution in [-0.2, 0) is 9.53 Å². The minimum atomic E-state index is -1.13. The minimum Gasteiger partial charge on any atom is -0.480 e. The number of morpholine rings is 1. The van der Waals surface area contributed by atoms with Crippen LogP contribution in [0.3, 0.4) is 0 Å². The van der Waals surface area contributed by atoms with Gasteiger partial charge in [-0.2, -0.15) is 0 Å². The first-order valence-electron chi connectivity index (χ1n) is 5.92. The minimum absolute atomic E-state index is 0.0602. The number of carbonyl (C=O) groups is 2. The third kappa shape index (κ3) is 2.52. The number of hydrogen-bond donors (Lipinski definition) is 2. The van der Waals surface area contributed by atoms with Crippen molar-refractivity contribution in [3.8, 4) is 0 Å². The van der Waals surface area contributed by atoms with Gasteiger partial charge in [0.2, 0.25) is 0 Å². The van der Waals surface area contributed by atoms with Crippen LogP contribution >= 0.6 is 0 Å². The van der Waals surface area contributed by atoms with Crippen molar-refractivity contribution in [1.29, 1.82) is 0 Å². The highest BCUT2D eigenvalue weighted by atomic mass is 16.5. The van der Waals surface area contributed by atoms with E-state index in [9.17, 15) is 14.7 Å². The Balaban J connectivity index is 1.97. The molecule has 0 aromatic rings. The number of ether oxygens (including phenoxy) is 1. The maximum Gasteiger partial charge on any atom is 0.329 e. The number of amides is 2. The zero-order chi connectivity index (χ0) is 12.5. The molecule has 6 nitrogen and oxygen atoms in total. The second-order valence-corrected chi connectivity index (χ2v) is 4.81. The van der Waals surface area contributed by atoms with Crippen molar-refractivity contribution >= 4 is 12.0 Å². The van der Waals surface area contributed by atoms with Crippen molar-refractivity contribution in [2.75, 3.05) is 26.3 Å². The van der Waals surface area contributed by atoms with Gasteiger partial charge in [-0.1, -0.05) is 0 Å². The van der Waals surface area contributed by atoms with E-state index in [1.165, 1.54) is 0 Å². The van der Waals surface area contributed by atoms with Gasteiger partial charge in [0.25, 0.3) is 0 Å². The van der Waals surface area contributed by atoms with Gasteiger partial charge in [0.05, 0.1) is 13.2 Å². The average Bonchev–Trinajstić information content (AvgIpc) is 3.13. The molecule has 1 unspecified atom stereocenters. The van der Waals surface area contributed by atoms with E-state index in [1.54, 1.807) is 11.8 Å². The van der Waals surface area contributed by atoms with Crippen molar-refractivity contribution in [2.45, 2.75) is 25.3 Å². The van der Waals surface area contributed by atoms with E-state index in [4.69, 9.17) is 4.74 Å². The standard InChI is InChI=1S/C11H18N2O4/c1-11(9(14)15,8-2-3-8)12-10(16)13-4-6-17-7-5-13/h8H,2-7H2,1H3,(H,12,16)(H,14,15). The zero-order valence-corrected chi connectivity index (χ0v) is 9.94. The lowest BCUT2D eigenvalue weighted by atomic mass is 9.96. The molecule has 1 heterocycles.